The van der Waals surface area contributed by atoms with Crippen LogP contribution in [0.2, 0.25) is 0 Å². The van der Waals surface area contributed by atoms with Crippen molar-refractivity contribution in [2.24, 2.45) is 0 Å². The zero-order valence-electron chi connectivity index (χ0n) is 18.1. The molecule has 0 bridgehead atoms. The number of hydrogen-bond donors (Lipinski definition) is 0. The summed E-state index contributed by atoms with van der Waals surface area (Å²) in [7, 11) is 0. The summed E-state index contributed by atoms with van der Waals surface area (Å²) in [5, 5.41) is 0. The standard InChI is InChI=1S/C23H32N2O4/c1-15(2)28-12-6-11-25-22(26)20(19-9-7-16(3)8-10-19)21(23(25)27)24-13-17(4)29-18(5)14-24/h7-10,15,17-18H,6,11-14H2,1-5H3. The van der Waals surface area contributed by atoms with Crippen molar-refractivity contribution in [3.05, 3.63) is 41.1 Å². The van der Waals surface area contributed by atoms with Crippen LogP contribution in [-0.4, -0.2) is 66.2 Å². The molecule has 2 atom stereocenters. The normalized spacial score (nSPS) is 23.0. The summed E-state index contributed by atoms with van der Waals surface area (Å²) < 4.78 is 11.4. The Bertz CT molecular complexity index is 775. The van der Waals surface area contributed by atoms with Crippen molar-refractivity contribution in [1.29, 1.82) is 0 Å². The van der Waals surface area contributed by atoms with E-state index in [9.17, 15) is 9.59 Å². The number of benzene rings is 1. The molecule has 1 fully saturated rings. The van der Waals surface area contributed by atoms with E-state index in [0.29, 0.717) is 43.9 Å². The lowest BCUT2D eigenvalue weighted by Crippen LogP contribution is -2.47. The second-order valence-electron chi connectivity index (χ2n) is 8.29. The second kappa shape index (κ2) is 9.09. The van der Waals surface area contributed by atoms with Gasteiger partial charge in [0.25, 0.3) is 11.8 Å². The van der Waals surface area contributed by atoms with E-state index < -0.39 is 0 Å². The van der Waals surface area contributed by atoms with E-state index in [1.807, 2.05) is 63.8 Å². The van der Waals surface area contributed by atoms with Crippen LogP contribution in [0.15, 0.2) is 30.0 Å². The minimum absolute atomic E-state index is 0.00177. The molecule has 2 heterocycles. The van der Waals surface area contributed by atoms with Crippen molar-refractivity contribution in [1.82, 2.24) is 9.80 Å². The molecule has 1 aromatic carbocycles. The zero-order chi connectivity index (χ0) is 21.1. The molecule has 3 rings (SSSR count). The van der Waals surface area contributed by atoms with Gasteiger partial charge in [-0.2, -0.15) is 0 Å². The number of rotatable bonds is 7. The molecule has 0 N–H and O–H groups in total. The van der Waals surface area contributed by atoms with Gasteiger partial charge in [-0.1, -0.05) is 29.8 Å². The van der Waals surface area contributed by atoms with Gasteiger partial charge in [0.05, 0.1) is 23.9 Å². The van der Waals surface area contributed by atoms with Gasteiger partial charge >= 0.3 is 0 Å². The topological polar surface area (TPSA) is 59.1 Å². The highest BCUT2D eigenvalue weighted by Gasteiger charge is 2.42. The Morgan fingerprint density at radius 3 is 2.28 bits per heavy atom. The Morgan fingerprint density at radius 2 is 1.69 bits per heavy atom. The van der Waals surface area contributed by atoms with Crippen molar-refractivity contribution >= 4 is 17.4 Å². The van der Waals surface area contributed by atoms with E-state index in [-0.39, 0.29) is 30.1 Å². The first kappa shape index (κ1) is 21.5. The molecule has 0 aromatic heterocycles. The second-order valence-corrected chi connectivity index (χ2v) is 8.29. The van der Waals surface area contributed by atoms with Crippen LogP contribution in [0.1, 0.15) is 45.2 Å². The van der Waals surface area contributed by atoms with E-state index in [2.05, 4.69) is 0 Å². The molecule has 2 unspecified atom stereocenters. The van der Waals surface area contributed by atoms with Crippen molar-refractivity contribution < 1.29 is 19.1 Å². The summed E-state index contributed by atoms with van der Waals surface area (Å²) in [6, 6.07) is 7.80. The summed E-state index contributed by atoms with van der Waals surface area (Å²) in [5.74, 6) is -0.429. The Balaban J connectivity index is 1.90. The SMILES string of the molecule is Cc1ccc(C2=C(N3CC(C)OC(C)C3)C(=O)N(CCCOC(C)C)C2=O)cc1. The number of amides is 2. The number of morpholine rings is 1. The fourth-order valence-corrected chi connectivity index (χ4v) is 3.94. The molecule has 1 saturated heterocycles. The van der Waals surface area contributed by atoms with Gasteiger partial charge in [0.15, 0.2) is 0 Å². The van der Waals surface area contributed by atoms with Gasteiger partial charge in [-0.15, -0.1) is 0 Å². The number of carbonyl (C=O) groups is 2. The van der Waals surface area contributed by atoms with E-state index in [4.69, 9.17) is 9.47 Å². The van der Waals surface area contributed by atoms with Gasteiger partial charge in [0.1, 0.15) is 5.70 Å². The summed E-state index contributed by atoms with van der Waals surface area (Å²) in [4.78, 5) is 30.0. The van der Waals surface area contributed by atoms with Crippen molar-refractivity contribution in [3.63, 3.8) is 0 Å². The van der Waals surface area contributed by atoms with Crippen LogP contribution in [0, 0.1) is 6.92 Å². The average molecular weight is 401 g/mol. The van der Waals surface area contributed by atoms with Crippen molar-refractivity contribution in [2.45, 2.75) is 59.4 Å². The highest BCUT2D eigenvalue weighted by molar-refractivity contribution is 6.35. The molecule has 29 heavy (non-hydrogen) atoms. The predicted octanol–water partition coefficient (Wildman–Crippen LogP) is 3.00. The molecule has 0 aliphatic carbocycles. The molecule has 6 nitrogen and oxygen atoms in total. The van der Waals surface area contributed by atoms with Gasteiger partial charge in [-0.05, 0) is 46.6 Å². The number of hydrogen-bond acceptors (Lipinski definition) is 5. The molecule has 1 aromatic rings. The maximum atomic E-state index is 13.3. The predicted molar refractivity (Wildman–Crippen MR) is 112 cm³/mol. The van der Waals surface area contributed by atoms with Crippen LogP contribution in [-0.2, 0) is 19.1 Å². The lowest BCUT2D eigenvalue weighted by Gasteiger charge is -2.37. The summed E-state index contributed by atoms with van der Waals surface area (Å²) >= 11 is 0. The fourth-order valence-electron chi connectivity index (χ4n) is 3.94. The Morgan fingerprint density at radius 1 is 1.07 bits per heavy atom. The zero-order valence-corrected chi connectivity index (χ0v) is 18.1. The summed E-state index contributed by atoms with van der Waals surface area (Å²) in [6.07, 6.45) is 0.761. The summed E-state index contributed by atoms with van der Waals surface area (Å²) in [6.45, 7) is 12.0. The molecule has 0 spiro atoms. The fraction of sp³-hybridized carbons (Fsp3) is 0.565. The van der Waals surface area contributed by atoms with Crippen LogP contribution in [0.25, 0.3) is 5.57 Å². The van der Waals surface area contributed by atoms with Gasteiger partial charge in [0, 0.05) is 26.2 Å². The van der Waals surface area contributed by atoms with Crippen molar-refractivity contribution in [3.8, 4) is 0 Å². The van der Waals surface area contributed by atoms with Gasteiger partial charge in [-0.25, -0.2) is 0 Å². The Kier molecular flexibility index (Phi) is 6.75. The monoisotopic (exact) mass is 400 g/mol. The molecule has 6 heteroatoms. The smallest absolute Gasteiger partial charge is 0.277 e. The Hall–Kier alpha value is -2.18. The third-order valence-corrected chi connectivity index (χ3v) is 5.20. The molecule has 2 amide bonds. The number of ether oxygens (including phenoxy) is 2. The van der Waals surface area contributed by atoms with Gasteiger partial charge in [0.2, 0.25) is 0 Å². The number of aryl methyl sites for hydroxylation is 1. The molecule has 0 radical (unpaired) electrons. The highest BCUT2D eigenvalue weighted by atomic mass is 16.5. The van der Waals surface area contributed by atoms with Crippen LogP contribution in [0.3, 0.4) is 0 Å². The van der Waals surface area contributed by atoms with E-state index in [0.717, 1.165) is 11.1 Å². The molecule has 158 valence electrons. The molecular formula is C23H32N2O4. The minimum Gasteiger partial charge on any atom is -0.379 e. The van der Waals surface area contributed by atoms with Crippen LogP contribution < -0.4 is 0 Å². The van der Waals surface area contributed by atoms with Gasteiger partial charge in [-0.3, -0.25) is 14.5 Å². The first-order chi connectivity index (χ1) is 13.8. The van der Waals surface area contributed by atoms with E-state index in [1.54, 1.807) is 0 Å². The first-order valence-corrected chi connectivity index (χ1v) is 10.5. The molecule has 2 aliphatic rings. The lowest BCUT2D eigenvalue weighted by atomic mass is 10.0. The number of carbonyl (C=O) groups excluding carboxylic acids is 2. The van der Waals surface area contributed by atoms with E-state index in [1.165, 1.54) is 4.90 Å². The Labute approximate surface area is 173 Å². The molecule has 0 saturated carbocycles. The van der Waals surface area contributed by atoms with Crippen LogP contribution in [0.4, 0.5) is 0 Å². The van der Waals surface area contributed by atoms with Crippen LogP contribution >= 0.6 is 0 Å². The number of imide groups is 1. The lowest BCUT2D eigenvalue weighted by molar-refractivity contribution is -0.138. The highest BCUT2D eigenvalue weighted by Crippen LogP contribution is 2.33. The average Bonchev–Trinajstić information content (AvgIpc) is 2.89. The maximum Gasteiger partial charge on any atom is 0.277 e. The molecular weight excluding hydrogens is 368 g/mol. The van der Waals surface area contributed by atoms with Gasteiger partial charge < -0.3 is 14.4 Å². The third-order valence-electron chi connectivity index (χ3n) is 5.20. The first-order valence-electron chi connectivity index (χ1n) is 10.5. The minimum atomic E-state index is -0.217. The number of nitrogens with zero attached hydrogens (tertiary/aromatic N) is 2. The maximum absolute atomic E-state index is 13.3. The van der Waals surface area contributed by atoms with Crippen molar-refractivity contribution in [2.75, 3.05) is 26.2 Å². The third kappa shape index (κ3) is 4.87. The summed E-state index contributed by atoms with van der Waals surface area (Å²) in [5.41, 5.74) is 2.91. The van der Waals surface area contributed by atoms with Crippen LogP contribution in [0.5, 0.6) is 0 Å². The quantitative estimate of drug-likeness (QED) is 0.520. The largest absolute Gasteiger partial charge is 0.379 e. The molecule has 2 aliphatic heterocycles. The van der Waals surface area contributed by atoms with E-state index >= 15 is 0 Å².